The Hall–Kier alpha value is -1.06. The molecule has 2 aliphatic heterocycles. The summed E-state index contributed by atoms with van der Waals surface area (Å²) < 4.78 is 0. The van der Waals surface area contributed by atoms with E-state index in [1.807, 2.05) is 9.80 Å². The second kappa shape index (κ2) is 7.47. The molecule has 4 heteroatoms. The molecule has 2 amide bonds. The molecule has 2 heterocycles. The van der Waals surface area contributed by atoms with Crippen LogP contribution >= 0.6 is 0 Å². The summed E-state index contributed by atoms with van der Waals surface area (Å²) in [5.74, 6) is 2.62. The van der Waals surface area contributed by atoms with Gasteiger partial charge in [0.05, 0.1) is 0 Å². The van der Waals surface area contributed by atoms with Crippen molar-refractivity contribution < 1.29 is 9.59 Å². The quantitative estimate of drug-likeness (QED) is 0.804. The zero-order valence-electron chi connectivity index (χ0n) is 14.7. The standard InChI is InChI=1S/C18H32N2O2/c1-13-7-14(2)10-19(9-13)17(21)5-6-18(22)20-11-15(3)8-16(4)12-20/h13-16H,5-12H2,1-4H3/t13-,14-,15-,16+/m1/s1. The lowest BCUT2D eigenvalue weighted by Crippen LogP contribution is -2.44. The predicted molar refractivity (Wildman–Crippen MR) is 88.3 cm³/mol. The third-order valence-corrected chi connectivity index (χ3v) is 5.00. The first-order chi connectivity index (χ1) is 10.3. The summed E-state index contributed by atoms with van der Waals surface area (Å²) in [7, 11) is 0. The lowest BCUT2D eigenvalue weighted by atomic mass is 9.91. The van der Waals surface area contributed by atoms with Gasteiger partial charge < -0.3 is 9.80 Å². The number of carbonyl (C=O) groups is 2. The maximum absolute atomic E-state index is 12.4. The van der Waals surface area contributed by atoms with Crippen LogP contribution in [-0.2, 0) is 9.59 Å². The zero-order chi connectivity index (χ0) is 16.3. The van der Waals surface area contributed by atoms with E-state index in [1.54, 1.807) is 0 Å². The van der Waals surface area contributed by atoms with Gasteiger partial charge in [-0.3, -0.25) is 9.59 Å². The van der Waals surface area contributed by atoms with Gasteiger partial charge >= 0.3 is 0 Å². The first kappa shape index (κ1) is 17.3. The van der Waals surface area contributed by atoms with E-state index in [1.165, 1.54) is 12.8 Å². The fourth-order valence-electron chi connectivity index (χ4n) is 4.26. The van der Waals surface area contributed by atoms with Crippen molar-refractivity contribution in [3.8, 4) is 0 Å². The van der Waals surface area contributed by atoms with Crippen LogP contribution in [-0.4, -0.2) is 47.8 Å². The fourth-order valence-corrected chi connectivity index (χ4v) is 4.26. The van der Waals surface area contributed by atoms with Gasteiger partial charge in [-0.25, -0.2) is 0 Å². The molecular weight excluding hydrogens is 276 g/mol. The molecule has 4 nitrogen and oxygen atoms in total. The minimum atomic E-state index is 0.157. The number of amides is 2. The van der Waals surface area contributed by atoms with Gasteiger partial charge in [-0.2, -0.15) is 0 Å². The topological polar surface area (TPSA) is 40.6 Å². The number of rotatable bonds is 3. The van der Waals surface area contributed by atoms with Gasteiger partial charge in [0.1, 0.15) is 0 Å². The summed E-state index contributed by atoms with van der Waals surface area (Å²) >= 11 is 0. The van der Waals surface area contributed by atoms with Crippen molar-refractivity contribution >= 4 is 11.8 Å². The number of hydrogen-bond donors (Lipinski definition) is 0. The average Bonchev–Trinajstić information content (AvgIpc) is 2.42. The number of piperidine rings is 2. The second-order valence-electron chi connectivity index (χ2n) is 7.99. The molecule has 0 aromatic carbocycles. The van der Waals surface area contributed by atoms with Crippen LogP contribution in [0, 0.1) is 23.7 Å². The van der Waals surface area contributed by atoms with Crippen LogP contribution in [0.1, 0.15) is 53.4 Å². The molecule has 0 N–H and O–H groups in total. The third-order valence-electron chi connectivity index (χ3n) is 5.00. The minimum Gasteiger partial charge on any atom is -0.342 e. The van der Waals surface area contributed by atoms with Crippen LogP contribution in [0.3, 0.4) is 0 Å². The molecule has 126 valence electrons. The number of carbonyl (C=O) groups excluding carboxylic acids is 2. The van der Waals surface area contributed by atoms with Gasteiger partial charge in [0.25, 0.3) is 0 Å². The number of likely N-dealkylation sites (tertiary alicyclic amines) is 2. The monoisotopic (exact) mass is 308 g/mol. The summed E-state index contributed by atoms with van der Waals surface area (Å²) in [6, 6.07) is 0. The minimum absolute atomic E-state index is 0.157. The highest BCUT2D eigenvalue weighted by Crippen LogP contribution is 2.23. The van der Waals surface area contributed by atoms with Crippen molar-refractivity contribution in [3.63, 3.8) is 0 Å². The highest BCUT2D eigenvalue weighted by atomic mass is 16.2. The van der Waals surface area contributed by atoms with Crippen LogP contribution in [0.15, 0.2) is 0 Å². The Labute approximate surface area is 135 Å². The van der Waals surface area contributed by atoms with E-state index >= 15 is 0 Å². The molecule has 2 saturated heterocycles. The van der Waals surface area contributed by atoms with Crippen LogP contribution in [0.5, 0.6) is 0 Å². The van der Waals surface area contributed by atoms with Crippen LogP contribution in [0.2, 0.25) is 0 Å². The van der Waals surface area contributed by atoms with E-state index in [0.29, 0.717) is 36.5 Å². The molecule has 2 rings (SSSR count). The fraction of sp³-hybridized carbons (Fsp3) is 0.889. The Balaban J connectivity index is 1.79. The summed E-state index contributed by atoms with van der Waals surface area (Å²) in [6.07, 6.45) is 3.15. The SMILES string of the molecule is C[C@@H]1C[C@@H](C)CN(C(=O)CCC(=O)N2C[C@H](C)C[C@H](C)C2)C1. The maximum atomic E-state index is 12.4. The molecule has 0 aromatic rings. The van der Waals surface area contributed by atoms with Crippen LogP contribution < -0.4 is 0 Å². The van der Waals surface area contributed by atoms with E-state index in [4.69, 9.17) is 0 Å². The van der Waals surface area contributed by atoms with E-state index in [2.05, 4.69) is 27.7 Å². The lowest BCUT2D eigenvalue weighted by Gasteiger charge is -2.36. The first-order valence-corrected chi connectivity index (χ1v) is 8.90. The molecule has 0 radical (unpaired) electrons. The molecular formula is C18H32N2O2. The molecule has 0 unspecified atom stereocenters. The molecule has 0 aliphatic carbocycles. The largest absolute Gasteiger partial charge is 0.342 e. The number of nitrogens with zero attached hydrogens (tertiary/aromatic N) is 2. The van der Waals surface area contributed by atoms with Gasteiger partial charge in [-0.05, 0) is 36.5 Å². The van der Waals surface area contributed by atoms with E-state index < -0.39 is 0 Å². The van der Waals surface area contributed by atoms with Gasteiger partial charge in [0.2, 0.25) is 11.8 Å². The zero-order valence-corrected chi connectivity index (χ0v) is 14.7. The van der Waals surface area contributed by atoms with E-state index in [9.17, 15) is 9.59 Å². The van der Waals surface area contributed by atoms with Crippen molar-refractivity contribution in [3.05, 3.63) is 0 Å². The first-order valence-electron chi connectivity index (χ1n) is 8.90. The molecule has 0 saturated carbocycles. The van der Waals surface area contributed by atoms with Crippen LogP contribution in [0.4, 0.5) is 0 Å². The smallest absolute Gasteiger partial charge is 0.223 e. The van der Waals surface area contributed by atoms with Crippen molar-refractivity contribution in [2.24, 2.45) is 23.7 Å². The van der Waals surface area contributed by atoms with Gasteiger partial charge in [0.15, 0.2) is 0 Å². The molecule has 2 aliphatic rings. The molecule has 0 spiro atoms. The van der Waals surface area contributed by atoms with Crippen LogP contribution in [0.25, 0.3) is 0 Å². The second-order valence-corrected chi connectivity index (χ2v) is 7.99. The Bertz CT molecular complexity index is 352. The molecule has 22 heavy (non-hydrogen) atoms. The maximum Gasteiger partial charge on any atom is 0.223 e. The van der Waals surface area contributed by atoms with Gasteiger partial charge in [-0.1, -0.05) is 27.7 Å². The molecule has 0 aromatic heterocycles. The summed E-state index contributed by atoms with van der Waals surface area (Å²) in [6.45, 7) is 12.2. The van der Waals surface area contributed by atoms with E-state index in [-0.39, 0.29) is 11.8 Å². The molecule has 2 fully saturated rings. The van der Waals surface area contributed by atoms with Crippen molar-refractivity contribution in [1.82, 2.24) is 9.80 Å². The Kier molecular flexibility index (Phi) is 5.87. The van der Waals surface area contributed by atoms with Crippen molar-refractivity contribution in [1.29, 1.82) is 0 Å². The van der Waals surface area contributed by atoms with Gasteiger partial charge in [-0.15, -0.1) is 0 Å². The summed E-state index contributed by atoms with van der Waals surface area (Å²) in [4.78, 5) is 28.7. The Morgan fingerprint density at radius 2 is 0.955 bits per heavy atom. The third kappa shape index (κ3) is 4.72. The molecule has 4 atom stereocenters. The predicted octanol–water partition coefficient (Wildman–Crippen LogP) is 2.78. The Morgan fingerprint density at radius 1 is 0.682 bits per heavy atom. The van der Waals surface area contributed by atoms with Crippen molar-refractivity contribution in [2.45, 2.75) is 53.4 Å². The van der Waals surface area contributed by atoms with Gasteiger partial charge in [0, 0.05) is 39.0 Å². The van der Waals surface area contributed by atoms with Crippen molar-refractivity contribution in [2.75, 3.05) is 26.2 Å². The number of hydrogen-bond acceptors (Lipinski definition) is 2. The highest BCUT2D eigenvalue weighted by molar-refractivity contribution is 5.84. The lowest BCUT2D eigenvalue weighted by molar-refractivity contribution is -0.139. The highest BCUT2D eigenvalue weighted by Gasteiger charge is 2.28. The van der Waals surface area contributed by atoms with E-state index in [0.717, 1.165) is 26.2 Å². The summed E-state index contributed by atoms with van der Waals surface area (Å²) in [5.41, 5.74) is 0. The average molecular weight is 308 g/mol. The summed E-state index contributed by atoms with van der Waals surface area (Å²) in [5, 5.41) is 0. The Morgan fingerprint density at radius 3 is 1.23 bits per heavy atom. The normalized spacial score (nSPS) is 32.9. The molecule has 0 bridgehead atoms.